The Labute approximate surface area is 804 Å². The zero-order valence-electron chi connectivity index (χ0n) is 73.8. The van der Waals surface area contributed by atoms with Crippen LogP contribution in [0.25, 0.3) is 322 Å². The minimum absolute atomic E-state index is 0.897. The maximum atomic E-state index is 6.30. The fourth-order valence-electron chi connectivity index (χ4n) is 23.3. The second-order valence-electron chi connectivity index (χ2n) is 36.8. The Kier molecular flexibility index (Phi) is 15.2. The van der Waals surface area contributed by atoms with Gasteiger partial charge in [-0.1, -0.05) is 194 Å². The van der Waals surface area contributed by atoms with Gasteiger partial charge in [0.25, 0.3) is 0 Å². The van der Waals surface area contributed by atoms with E-state index in [-0.39, 0.29) is 0 Å². The molecule has 36 aromatic rings. The second kappa shape index (κ2) is 28.0. The van der Waals surface area contributed by atoms with Crippen molar-refractivity contribution in [3.63, 3.8) is 0 Å². The highest BCUT2D eigenvalue weighted by molar-refractivity contribution is 7.27. The van der Waals surface area contributed by atoms with Crippen LogP contribution in [0.2, 0.25) is 0 Å². The molecule has 12 nitrogen and oxygen atoms in total. The van der Waals surface area contributed by atoms with Gasteiger partial charge in [-0.15, -0.1) is 45.3 Å². The Hall–Kier alpha value is -17.6. The number of para-hydroxylation sites is 12. The van der Waals surface area contributed by atoms with Crippen LogP contribution in [-0.2, 0) is 0 Å². The molecule has 0 saturated carbocycles. The van der Waals surface area contributed by atoms with E-state index in [0.29, 0.717) is 0 Å². The van der Waals surface area contributed by atoms with Gasteiger partial charge < -0.3 is 17.7 Å². The maximum absolute atomic E-state index is 6.30. The monoisotopic (exact) mass is 1860 g/mol. The Bertz CT molecular complexity index is 12000. The van der Waals surface area contributed by atoms with Crippen LogP contribution in [0.1, 0.15) is 0 Å². The topological polar surface area (TPSA) is 122 Å². The molecule has 16 heteroatoms. The van der Waals surface area contributed by atoms with Crippen molar-refractivity contribution in [3.8, 4) is 0 Å². The van der Waals surface area contributed by atoms with Crippen molar-refractivity contribution in [2.24, 2.45) is 0 Å². The standard InChI is InChI=1S/4C31H16N2OS/c1-5-11-25-18(8-1)30-26(34-25)14-13-19-29(30)21-16-28-20(17-7-2-6-12-27(17)35-28)15-24(21)33-23-10-4-3-9-22(23)32-31(19)33;1-5-11-25-18(8-1)30-26(34-25)14-13-19-29(30)21-15-20-17-7-2-6-12-27(17)35-28(20)16-24(21)33-23-10-4-3-9-22(23)32-31(19)33;1-5-11-27-17(7-1)21-13-19-20-16-30-22(18-8-2-6-12-29(18)35-30)14-26(20)33-25-10-4-3-9-24(25)32-31(33)23(19)15-28(21)34-27;1-5-11-27-17(7-1)21-13-19-20-14-22-18-8-2-6-12-29(18)35-30(22)16-26(20)33-25-10-4-3-9-24(25)32-31(33)23(19)15-28(21)34-27/h4*1-16H. The highest BCUT2D eigenvalue weighted by Crippen LogP contribution is 2.51. The number of pyridine rings is 4. The van der Waals surface area contributed by atoms with Crippen LogP contribution in [0.5, 0.6) is 0 Å². The van der Waals surface area contributed by atoms with Crippen LogP contribution in [0.4, 0.5) is 0 Å². The zero-order valence-corrected chi connectivity index (χ0v) is 77.1. The third-order valence-electron chi connectivity index (χ3n) is 29.4. The third kappa shape index (κ3) is 10.5. The van der Waals surface area contributed by atoms with Gasteiger partial charge >= 0.3 is 0 Å². The number of furan rings is 4. The Morgan fingerprint density at radius 3 is 0.821 bits per heavy atom. The molecule has 0 radical (unpaired) electrons. The number of imidazole rings is 4. The first-order valence-electron chi connectivity index (χ1n) is 46.9. The van der Waals surface area contributed by atoms with E-state index in [0.717, 1.165) is 176 Å². The van der Waals surface area contributed by atoms with Crippen molar-refractivity contribution in [3.05, 3.63) is 388 Å². The molecule has 0 spiro atoms. The van der Waals surface area contributed by atoms with Crippen molar-refractivity contribution >= 4 is 367 Å². The lowest BCUT2D eigenvalue weighted by atomic mass is 9.98. The summed E-state index contributed by atoms with van der Waals surface area (Å²) in [6.45, 7) is 0. The van der Waals surface area contributed by atoms with Crippen LogP contribution < -0.4 is 0 Å². The van der Waals surface area contributed by atoms with Crippen LogP contribution in [-0.4, -0.2) is 37.5 Å². The molecule has 16 heterocycles. The SMILES string of the molecule is c1ccc2c(c1)nc1c3cc4oc5ccccc5c4cc3c3cc4c(cc3n21)sc1ccccc14.c1ccc2c(c1)nc1c3cc4oc5ccccc5c4cc3c3cc4sc5ccccc5c4cc3n21.c1ccc2c(c1)nc1c3ccc4oc5ccccc5c4c3c3cc4c(cc3n21)sc1ccccc14.c1ccc2c(c1)nc1c3ccc4oc5ccccc5c4c3c3cc4sc5ccccc5c4cc3n21. The molecular weight excluding hydrogens is 1790 g/mol. The fraction of sp³-hybridized carbons (Fsp3) is 0. The number of rotatable bonds is 0. The average molecular weight is 1860 g/mol. The quantitative estimate of drug-likeness (QED) is 0.138. The number of hydrogen-bond acceptors (Lipinski definition) is 12. The summed E-state index contributed by atoms with van der Waals surface area (Å²) in [5, 5.41) is 33.9. The Balaban J connectivity index is 0.0000000829. The molecule has 0 fully saturated rings. The van der Waals surface area contributed by atoms with E-state index < -0.39 is 0 Å². The molecule has 16 aromatic heterocycles. The van der Waals surface area contributed by atoms with E-state index in [9.17, 15) is 0 Å². The highest BCUT2D eigenvalue weighted by atomic mass is 32.1. The molecule has 0 aliphatic carbocycles. The fourth-order valence-corrected chi connectivity index (χ4v) is 27.8. The van der Waals surface area contributed by atoms with Gasteiger partial charge in [0.15, 0.2) is 0 Å². The molecule has 0 unspecified atom stereocenters. The number of benzene rings is 20. The van der Waals surface area contributed by atoms with Crippen molar-refractivity contribution in [2.45, 2.75) is 0 Å². The van der Waals surface area contributed by atoms with E-state index >= 15 is 0 Å². The minimum atomic E-state index is 0.897. The van der Waals surface area contributed by atoms with Crippen molar-refractivity contribution in [2.75, 3.05) is 0 Å². The number of nitrogens with zero attached hydrogens (tertiary/aromatic N) is 8. The molecular formula is C124H64N8O4S4. The second-order valence-corrected chi connectivity index (χ2v) is 41.1. The first-order valence-corrected chi connectivity index (χ1v) is 50.2. The summed E-state index contributed by atoms with van der Waals surface area (Å²) in [6, 6.07) is 138. The lowest BCUT2D eigenvalue weighted by Gasteiger charge is -2.11. The van der Waals surface area contributed by atoms with Crippen LogP contribution in [0, 0.1) is 0 Å². The first kappa shape index (κ1) is 75.6. The number of thiophene rings is 4. The van der Waals surface area contributed by atoms with Gasteiger partial charge in [-0.3, -0.25) is 17.6 Å². The molecule has 648 valence electrons. The Morgan fingerprint density at radius 1 is 0.143 bits per heavy atom. The van der Waals surface area contributed by atoms with Gasteiger partial charge in [0, 0.05) is 178 Å². The van der Waals surface area contributed by atoms with Gasteiger partial charge in [0.05, 0.1) is 66.2 Å². The van der Waals surface area contributed by atoms with E-state index in [1.54, 1.807) is 0 Å². The number of fused-ring (bicyclic) bond motifs is 58. The van der Waals surface area contributed by atoms with E-state index in [2.05, 4.69) is 369 Å². The van der Waals surface area contributed by atoms with Gasteiger partial charge in [0.2, 0.25) is 0 Å². The molecule has 36 rings (SSSR count). The van der Waals surface area contributed by atoms with Crippen LogP contribution in [0.3, 0.4) is 0 Å². The molecule has 140 heavy (non-hydrogen) atoms. The maximum Gasteiger partial charge on any atom is 0.146 e. The molecule has 0 amide bonds. The van der Waals surface area contributed by atoms with Gasteiger partial charge in [-0.2, -0.15) is 0 Å². The van der Waals surface area contributed by atoms with Crippen molar-refractivity contribution < 1.29 is 17.7 Å². The van der Waals surface area contributed by atoms with Gasteiger partial charge in [0.1, 0.15) is 67.3 Å². The predicted molar refractivity (Wildman–Crippen MR) is 592 cm³/mol. The lowest BCUT2D eigenvalue weighted by Crippen LogP contribution is -1.92. The summed E-state index contributed by atoms with van der Waals surface area (Å²) < 4.78 is 44.9. The number of aromatic nitrogens is 8. The van der Waals surface area contributed by atoms with E-state index in [1.807, 2.05) is 81.7 Å². The smallest absolute Gasteiger partial charge is 0.146 e. The first-order chi connectivity index (χ1) is 69.4. The van der Waals surface area contributed by atoms with E-state index in [4.69, 9.17) is 37.6 Å². The highest BCUT2D eigenvalue weighted by Gasteiger charge is 2.27. The normalized spacial score (nSPS) is 12.6. The molecule has 0 saturated heterocycles. The summed E-state index contributed by atoms with van der Waals surface area (Å²) in [6.07, 6.45) is 0. The summed E-state index contributed by atoms with van der Waals surface area (Å²) in [4.78, 5) is 20.5. The summed E-state index contributed by atoms with van der Waals surface area (Å²) in [7, 11) is 0. The number of hydrogen-bond donors (Lipinski definition) is 0. The summed E-state index contributed by atoms with van der Waals surface area (Å²) in [5.41, 5.74) is 24.4. The minimum Gasteiger partial charge on any atom is -0.456 e. The molecule has 0 aliphatic rings. The zero-order chi connectivity index (χ0) is 90.7. The molecule has 20 aromatic carbocycles. The Morgan fingerprint density at radius 2 is 0.414 bits per heavy atom. The summed E-state index contributed by atoms with van der Waals surface area (Å²) in [5.74, 6) is 0. The van der Waals surface area contributed by atoms with Crippen LogP contribution >= 0.6 is 45.3 Å². The lowest BCUT2D eigenvalue weighted by molar-refractivity contribution is 0.669. The van der Waals surface area contributed by atoms with Gasteiger partial charge in [-0.25, -0.2) is 19.9 Å². The van der Waals surface area contributed by atoms with Crippen molar-refractivity contribution in [1.82, 2.24) is 37.5 Å². The van der Waals surface area contributed by atoms with Crippen molar-refractivity contribution in [1.29, 1.82) is 0 Å². The van der Waals surface area contributed by atoms with Gasteiger partial charge in [-0.05, 0) is 205 Å². The molecule has 0 aliphatic heterocycles. The average Bonchev–Trinajstić information content (AvgIpc) is 1.52. The molecule has 0 N–H and O–H groups in total. The molecule has 0 atom stereocenters. The molecule has 0 bridgehead atoms. The predicted octanol–water partition coefficient (Wildman–Crippen LogP) is 36.2. The van der Waals surface area contributed by atoms with E-state index in [1.165, 1.54) is 146 Å². The van der Waals surface area contributed by atoms with Crippen LogP contribution in [0.15, 0.2) is 406 Å². The summed E-state index contributed by atoms with van der Waals surface area (Å²) >= 11 is 7.43. The third-order valence-corrected chi connectivity index (χ3v) is 33.9. The largest absolute Gasteiger partial charge is 0.456 e.